The van der Waals surface area contributed by atoms with Crippen LogP contribution in [0.2, 0.25) is 0 Å². The minimum absolute atomic E-state index is 0.357. The second-order valence-electron chi connectivity index (χ2n) is 8.85. The Morgan fingerprint density at radius 2 is 1.46 bits per heavy atom. The topological polar surface area (TPSA) is 68.0 Å². The molecule has 10 heteroatoms. The van der Waals surface area contributed by atoms with Gasteiger partial charge in [-0.3, -0.25) is 0 Å². The van der Waals surface area contributed by atoms with Gasteiger partial charge in [0.15, 0.2) is 17.7 Å². The van der Waals surface area contributed by atoms with Gasteiger partial charge in [-0.05, 0) is 60.2 Å². The van der Waals surface area contributed by atoms with Crippen LogP contribution in [0.5, 0.6) is 11.5 Å². The van der Waals surface area contributed by atoms with Crippen molar-refractivity contribution in [1.29, 1.82) is 0 Å². The van der Waals surface area contributed by atoms with Gasteiger partial charge < -0.3 is 25.2 Å². The molecule has 0 heterocycles. The largest absolute Gasteiger partial charge is 0.493 e. The number of nitrogens with two attached hydrogens (primary N) is 1. The summed E-state index contributed by atoms with van der Waals surface area (Å²) in [6.07, 6.45) is -3.62. The molecule has 0 aromatic heterocycles. The molecule has 0 aliphatic carbocycles. The van der Waals surface area contributed by atoms with Crippen LogP contribution in [-0.4, -0.2) is 25.2 Å². The van der Waals surface area contributed by atoms with Gasteiger partial charge in [0.25, 0.3) is 0 Å². The monoisotopic (exact) mass is 598 g/mol. The summed E-state index contributed by atoms with van der Waals surface area (Å²) in [4.78, 5) is 4.12. The number of alkyl halides is 3. The maximum Gasteiger partial charge on any atom is 0.416 e. The van der Waals surface area contributed by atoms with Gasteiger partial charge in [0.1, 0.15) is 0 Å². The zero-order valence-corrected chi connectivity index (χ0v) is 24.0. The Morgan fingerprint density at radius 3 is 2.00 bits per heavy atom. The lowest BCUT2D eigenvalue weighted by molar-refractivity contribution is -0.137. The van der Waals surface area contributed by atoms with Gasteiger partial charge in [-0.15, -0.1) is 11.8 Å². The Hall–Kier alpha value is -3.73. The fraction of sp³-hybridized carbons (Fsp3) is 0.161. The first-order valence-corrected chi connectivity index (χ1v) is 14.2. The molecule has 0 fully saturated rings. The molecule has 0 saturated heterocycles. The van der Waals surface area contributed by atoms with Crippen molar-refractivity contribution in [2.24, 2.45) is 0 Å². The molecule has 4 aromatic rings. The lowest BCUT2D eigenvalue weighted by atomic mass is 10.1. The molecule has 1 unspecified atom stereocenters. The van der Waals surface area contributed by atoms with Crippen LogP contribution in [-0.2, 0) is 6.18 Å². The number of nitrogens with zero attached hydrogens (tertiary/aromatic N) is 1. The summed E-state index contributed by atoms with van der Waals surface area (Å²) in [6.45, 7) is 3.80. The zero-order chi connectivity index (χ0) is 29.6. The minimum atomic E-state index is -4.37. The summed E-state index contributed by atoms with van der Waals surface area (Å²) in [6, 6.07) is 23.5. The molecular weight excluding hydrogens is 569 g/mol. The second kappa shape index (κ2) is 13.3. The molecule has 0 aliphatic heterocycles. The first-order valence-electron chi connectivity index (χ1n) is 12.4. The Labute approximate surface area is 245 Å². The average molecular weight is 599 g/mol. The predicted molar refractivity (Wildman–Crippen MR) is 161 cm³/mol. The summed E-state index contributed by atoms with van der Waals surface area (Å²) in [5.41, 5.74) is 8.50. The highest BCUT2D eigenvalue weighted by molar-refractivity contribution is 7.99. The highest BCUT2D eigenvalue weighted by Gasteiger charge is 2.30. The number of ether oxygens (including phenoxy) is 2. The van der Waals surface area contributed by atoms with Crippen molar-refractivity contribution in [2.45, 2.75) is 27.1 Å². The quantitative estimate of drug-likeness (QED) is 0.102. The fourth-order valence-electron chi connectivity index (χ4n) is 3.96. The van der Waals surface area contributed by atoms with Crippen molar-refractivity contribution in [3.8, 4) is 11.5 Å². The number of nitrogen functional groups attached to an aromatic ring is 1. The molecule has 214 valence electrons. The van der Waals surface area contributed by atoms with E-state index in [4.69, 9.17) is 15.2 Å². The lowest BCUT2D eigenvalue weighted by Gasteiger charge is -2.30. The normalized spacial score (nSPS) is 12.0. The third-order valence-electron chi connectivity index (χ3n) is 6.23. The van der Waals surface area contributed by atoms with Crippen LogP contribution in [0.4, 0.5) is 24.5 Å². The minimum Gasteiger partial charge on any atom is -0.493 e. The average Bonchev–Trinajstić information content (AvgIpc) is 2.98. The van der Waals surface area contributed by atoms with E-state index in [1.807, 2.05) is 41.3 Å². The molecule has 4 aromatic carbocycles. The summed E-state index contributed by atoms with van der Waals surface area (Å²) < 4.78 is 49.4. The van der Waals surface area contributed by atoms with Crippen LogP contribution >= 0.6 is 23.5 Å². The van der Waals surface area contributed by atoms with Gasteiger partial charge in [-0.2, -0.15) is 13.2 Å². The third kappa shape index (κ3) is 7.52. The number of hydrogen-bond donors (Lipinski definition) is 2. The van der Waals surface area contributed by atoms with Crippen LogP contribution in [0.1, 0.15) is 22.9 Å². The standard InChI is InChI=1S/C31H29F3N2O3S2/c1-4-20-5-11-23(12-6-20)36(19-40-29-18-28(39-3)27(38-2)17-26(29)35)30(37)21-7-13-24(14-8-21)41-25-15-9-22(10-16-25)31(32,33)34/h4-18,30,37H,1,19,35H2,2-3H3. The van der Waals surface area contributed by atoms with Crippen molar-refractivity contribution >= 4 is 41.0 Å². The maximum atomic E-state index is 12.9. The number of anilines is 2. The van der Waals surface area contributed by atoms with Crippen LogP contribution in [0, 0.1) is 0 Å². The van der Waals surface area contributed by atoms with Gasteiger partial charge in [0.2, 0.25) is 0 Å². The highest BCUT2D eigenvalue weighted by atomic mass is 32.2. The fourth-order valence-corrected chi connectivity index (χ4v) is 5.77. The van der Waals surface area contributed by atoms with Crippen molar-refractivity contribution in [2.75, 3.05) is 30.7 Å². The van der Waals surface area contributed by atoms with Gasteiger partial charge in [-0.1, -0.05) is 48.7 Å². The summed E-state index contributed by atoms with van der Waals surface area (Å²) in [7, 11) is 3.10. The number of thioether (sulfide) groups is 1. The Balaban J connectivity index is 1.55. The number of hydrogen-bond acceptors (Lipinski definition) is 7. The number of methoxy groups -OCH3 is 2. The van der Waals surface area contributed by atoms with Gasteiger partial charge in [-0.25, -0.2) is 0 Å². The summed E-state index contributed by atoms with van der Waals surface area (Å²) in [5.74, 6) is 1.43. The van der Waals surface area contributed by atoms with E-state index in [9.17, 15) is 18.3 Å². The molecule has 1 atom stereocenters. The number of rotatable bonds is 11. The van der Waals surface area contributed by atoms with E-state index in [2.05, 4.69) is 6.58 Å². The molecule has 0 bridgehead atoms. The van der Waals surface area contributed by atoms with E-state index in [1.165, 1.54) is 35.7 Å². The molecule has 4 rings (SSSR count). The van der Waals surface area contributed by atoms with E-state index in [1.54, 1.807) is 44.6 Å². The van der Waals surface area contributed by atoms with Crippen LogP contribution in [0.15, 0.2) is 106 Å². The number of aliphatic hydroxyl groups is 1. The van der Waals surface area contributed by atoms with Gasteiger partial charge in [0.05, 0.1) is 25.7 Å². The molecule has 0 spiro atoms. The van der Waals surface area contributed by atoms with E-state index < -0.39 is 18.0 Å². The van der Waals surface area contributed by atoms with E-state index >= 15 is 0 Å². The van der Waals surface area contributed by atoms with Crippen LogP contribution in [0.25, 0.3) is 6.08 Å². The van der Waals surface area contributed by atoms with Crippen LogP contribution < -0.4 is 20.1 Å². The van der Waals surface area contributed by atoms with Gasteiger partial charge in [0, 0.05) is 37.7 Å². The van der Waals surface area contributed by atoms with Crippen LogP contribution in [0.3, 0.4) is 0 Å². The smallest absolute Gasteiger partial charge is 0.416 e. The number of halogens is 3. The Morgan fingerprint density at radius 1 is 0.902 bits per heavy atom. The molecule has 41 heavy (non-hydrogen) atoms. The SMILES string of the molecule is C=Cc1ccc(N(CSc2cc(OC)c(OC)cc2N)C(O)c2ccc(Sc3ccc(C(F)(F)F)cc3)cc2)cc1. The summed E-state index contributed by atoms with van der Waals surface area (Å²) in [5, 5.41) is 11.5. The van der Waals surface area contributed by atoms with E-state index in [0.29, 0.717) is 33.5 Å². The number of aliphatic hydroxyl groups excluding tert-OH is 1. The molecule has 3 N–H and O–H groups in total. The molecule has 5 nitrogen and oxygen atoms in total. The maximum absolute atomic E-state index is 12.9. The Kier molecular flexibility index (Phi) is 9.80. The number of benzene rings is 4. The van der Waals surface area contributed by atoms with E-state index in [-0.39, 0.29) is 0 Å². The second-order valence-corrected chi connectivity index (χ2v) is 11.0. The molecule has 0 aliphatic rings. The zero-order valence-electron chi connectivity index (χ0n) is 22.4. The lowest BCUT2D eigenvalue weighted by Crippen LogP contribution is -2.28. The van der Waals surface area contributed by atoms with Crippen molar-refractivity contribution in [3.05, 3.63) is 108 Å². The highest BCUT2D eigenvalue weighted by Crippen LogP contribution is 2.39. The summed E-state index contributed by atoms with van der Waals surface area (Å²) >= 11 is 2.78. The van der Waals surface area contributed by atoms with Crippen molar-refractivity contribution < 1.29 is 27.8 Å². The molecule has 0 amide bonds. The van der Waals surface area contributed by atoms with E-state index in [0.717, 1.165) is 33.2 Å². The predicted octanol–water partition coefficient (Wildman–Crippen LogP) is 8.35. The first kappa shape index (κ1) is 30.2. The Bertz CT molecular complexity index is 1460. The molecule has 0 radical (unpaired) electrons. The van der Waals surface area contributed by atoms with Gasteiger partial charge >= 0.3 is 6.18 Å². The first-order chi connectivity index (χ1) is 19.6. The van der Waals surface area contributed by atoms with Crippen molar-refractivity contribution in [1.82, 2.24) is 0 Å². The van der Waals surface area contributed by atoms with Crippen molar-refractivity contribution in [3.63, 3.8) is 0 Å². The molecule has 0 saturated carbocycles. The third-order valence-corrected chi connectivity index (χ3v) is 8.31. The molecular formula is C31H29F3N2O3S2.